The molecule has 0 aromatic heterocycles. The lowest BCUT2D eigenvalue weighted by molar-refractivity contribution is 0.297. The molecule has 1 N–H and O–H groups in total. The Bertz CT molecular complexity index is 389. The fraction of sp³-hybridized carbons (Fsp3) is 0.571. The van der Waals surface area contributed by atoms with Crippen LogP contribution in [0.15, 0.2) is 18.2 Å². The van der Waals surface area contributed by atoms with E-state index in [0.29, 0.717) is 12.1 Å². The Labute approximate surface area is 107 Å². The fourth-order valence-electron chi connectivity index (χ4n) is 2.39. The summed E-state index contributed by atoms with van der Waals surface area (Å²) in [6.07, 6.45) is 2.54. The standard InChI is InChI=1S/C14H20F2N2/c1-11(10-18-7-2-3-8-18)17-9-12-5-4-6-13(15)14(12)16/h4-6,11,17H,2-3,7-10H2,1H3. The lowest BCUT2D eigenvalue weighted by Crippen LogP contribution is -2.37. The van der Waals surface area contributed by atoms with Crippen LogP contribution in [0, 0.1) is 11.6 Å². The van der Waals surface area contributed by atoms with Crippen LogP contribution in [0.25, 0.3) is 0 Å². The highest BCUT2D eigenvalue weighted by atomic mass is 19.2. The highest BCUT2D eigenvalue weighted by Crippen LogP contribution is 2.12. The molecule has 2 rings (SSSR count). The third kappa shape index (κ3) is 3.50. The summed E-state index contributed by atoms with van der Waals surface area (Å²) in [5, 5.41) is 3.25. The SMILES string of the molecule is CC(CN1CCCC1)NCc1cccc(F)c1F. The van der Waals surface area contributed by atoms with Crippen molar-refractivity contribution in [1.29, 1.82) is 0 Å². The molecule has 1 fully saturated rings. The molecule has 1 heterocycles. The highest BCUT2D eigenvalue weighted by molar-refractivity contribution is 5.18. The molecular weight excluding hydrogens is 234 g/mol. The van der Waals surface area contributed by atoms with E-state index in [2.05, 4.69) is 17.1 Å². The number of nitrogens with one attached hydrogen (secondary N) is 1. The summed E-state index contributed by atoms with van der Waals surface area (Å²) in [4.78, 5) is 2.40. The van der Waals surface area contributed by atoms with Gasteiger partial charge in [-0.3, -0.25) is 0 Å². The number of halogens is 2. The van der Waals surface area contributed by atoms with Crippen LogP contribution in [0.1, 0.15) is 25.3 Å². The average Bonchev–Trinajstić information content (AvgIpc) is 2.84. The number of hydrogen-bond donors (Lipinski definition) is 1. The van der Waals surface area contributed by atoms with Crippen LogP contribution in [-0.2, 0) is 6.54 Å². The van der Waals surface area contributed by atoms with Crippen molar-refractivity contribution < 1.29 is 8.78 Å². The molecule has 18 heavy (non-hydrogen) atoms. The van der Waals surface area contributed by atoms with E-state index < -0.39 is 11.6 Å². The Hall–Kier alpha value is -1.00. The maximum Gasteiger partial charge on any atom is 0.163 e. The van der Waals surface area contributed by atoms with E-state index in [4.69, 9.17) is 0 Å². The van der Waals surface area contributed by atoms with Gasteiger partial charge in [0.1, 0.15) is 0 Å². The number of nitrogens with zero attached hydrogens (tertiary/aromatic N) is 1. The van der Waals surface area contributed by atoms with Crippen LogP contribution >= 0.6 is 0 Å². The molecular formula is C14H20F2N2. The van der Waals surface area contributed by atoms with Crippen LogP contribution in [0.3, 0.4) is 0 Å². The minimum absolute atomic E-state index is 0.283. The highest BCUT2D eigenvalue weighted by Gasteiger charge is 2.15. The molecule has 1 unspecified atom stereocenters. The molecule has 1 aliphatic heterocycles. The van der Waals surface area contributed by atoms with Gasteiger partial charge < -0.3 is 10.2 Å². The van der Waals surface area contributed by atoms with Gasteiger partial charge in [-0.1, -0.05) is 12.1 Å². The normalized spacial score (nSPS) is 18.2. The summed E-state index contributed by atoms with van der Waals surface area (Å²) in [5.74, 6) is -1.51. The van der Waals surface area contributed by atoms with Gasteiger partial charge in [0.15, 0.2) is 11.6 Å². The summed E-state index contributed by atoms with van der Waals surface area (Å²) in [5.41, 5.74) is 0.392. The zero-order chi connectivity index (χ0) is 13.0. The van der Waals surface area contributed by atoms with Crippen LogP contribution in [0.5, 0.6) is 0 Å². The van der Waals surface area contributed by atoms with Crippen molar-refractivity contribution in [3.63, 3.8) is 0 Å². The van der Waals surface area contributed by atoms with Gasteiger partial charge in [0, 0.05) is 24.7 Å². The number of likely N-dealkylation sites (tertiary alicyclic amines) is 1. The van der Waals surface area contributed by atoms with Gasteiger partial charge in [-0.2, -0.15) is 0 Å². The lowest BCUT2D eigenvalue weighted by atomic mass is 10.2. The average molecular weight is 254 g/mol. The second kappa shape index (κ2) is 6.25. The van der Waals surface area contributed by atoms with Gasteiger partial charge in [-0.25, -0.2) is 8.78 Å². The van der Waals surface area contributed by atoms with Crippen molar-refractivity contribution in [2.45, 2.75) is 32.4 Å². The number of hydrogen-bond acceptors (Lipinski definition) is 2. The minimum Gasteiger partial charge on any atom is -0.309 e. The molecule has 1 saturated heterocycles. The Morgan fingerprint density at radius 2 is 2.00 bits per heavy atom. The van der Waals surface area contributed by atoms with Crippen LogP contribution in [-0.4, -0.2) is 30.6 Å². The van der Waals surface area contributed by atoms with Crippen molar-refractivity contribution in [2.24, 2.45) is 0 Å². The number of rotatable bonds is 5. The Morgan fingerprint density at radius 1 is 1.28 bits per heavy atom. The molecule has 0 saturated carbocycles. The van der Waals surface area contributed by atoms with E-state index in [9.17, 15) is 8.78 Å². The first-order valence-electron chi connectivity index (χ1n) is 6.55. The monoisotopic (exact) mass is 254 g/mol. The van der Waals surface area contributed by atoms with Crippen LogP contribution < -0.4 is 5.32 Å². The van der Waals surface area contributed by atoms with Crippen LogP contribution in [0.4, 0.5) is 8.78 Å². The second-order valence-corrected chi connectivity index (χ2v) is 5.00. The third-order valence-electron chi connectivity index (χ3n) is 3.40. The summed E-state index contributed by atoms with van der Waals surface area (Å²) < 4.78 is 26.5. The van der Waals surface area contributed by atoms with Gasteiger partial charge >= 0.3 is 0 Å². The van der Waals surface area contributed by atoms with Crippen LogP contribution in [0.2, 0.25) is 0 Å². The van der Waals surface area contributed by atoms with Gasteiger partial charge in [0.25, 0.3) is 0 Å². The van der Waals surface area contributed by atoms with E-state index in [1.165, 1.54) is 12.8 Å². The van der Waals surface area contributed by atoms with Crippen molar-refractivity contribution in [2.75, 3.05) is 19.6 Å². The smallest absolute Gasteiger partial charge is 0.163 e. The molecule has 100 valence electrons. The zero-order valence-corrected chi connectivity index (χ0v) is 10.8. The molecule has 0 amide bonds. The molecule has 1 atom stereocenters. The summed E-state index contributed by atoms with van der Waals surface area (Å²) in [6.45, 7) is 5.73. The number of benzene rings is 1. The first-order valence-corrected chi connectivity index (χ1v) is 6.55. The first kappa shape index (κ1) is 13.4. The minimum atomic E-state index is -0.776. The molecule has 0 bridgehead atoms. The quantitative estimate of drug-likeness (QED) is 0.868. The molecule has 4 heteroatoms. The lowest BCUT2D eigenvalue weighted by Gasteiger charge is -2.21. The Kier molecular flexibility index (Phi) is 4.66. The summed E-state index contributed by atoms with van der Waals surface area (Å²) >= 11 is 0. The first-order chi connectivity index (χ1) is 8.66. The fourth-order valence-corrected chi connectivity index (χ4v) is 2.39. The maximum absolute atomic E-state index is 13.4. The van der Waals surface area contributed by atoms with Gasteiger partial charge in [0.05, 0.1) is 0 Å². The van der Waals surface area contributed by atoms with Crippen molar-refractivity contribution in [3.05, 3.63) is 35.4 Å². The molecule has 1 aliphatic rings. The van der Waals surface area contributed by atoms with Gasteiger partial charge in [-0.15, -0.1) is 0 Å². The summed E-state index contributed by atoms with van der Waals surface area (Å²) in [7, 11) is 0. The predicted octanol–water partition coefficient (Wildman–Crippen LogP) is 2.54. The topological polar surface area (TPSA) is 15.3 Å². The van der Waals surface area contributed by atoms with E-state index in [-0.39, 0.29) is 6.04 Å². The molecule has 0 spiro atoms. The largest absolute Gasteiger partial charge is 0.309 e. The van der Waals surface area contributed by atoms with Crippen molar-refractivity contribution in [3.8, 4) is 0 Å². The van der Waals surface area contributed by atoms with Crippen molar-refractivity contribution in [1.82, 2.24) is 10.2 Å². The van der Waals surface area contributed by atoms with Crippen molar-refractivity contribution >= 4 is 0 Å². The van der Waals surface area contributed by atoms with E-state index in [0.717, 1.165) is 25.7 Å². The molecule has 2 nitrogen and oxygen atoms in total. The predicted molar refractivity (Wildman–Crippen MR) is 68.3 cm³/mol. The Morgan fingerprint density at radius 3 is 2.72 bits per heavy atom. The molecule has 0 radical (unpaired) electrons. The Balaban J connectivity index is 1.81. The zero-order valence-electron chi connectivity index (χ0n) is 10.8. The third-order valence-corrected chi connectivity index (χ3v) is 3.40. The second-order valence-electron chi connectivity index (χ2n) is 5.00. The van der Waals surface area contributed by atoms with E-state index in [1.54, 1.807) is 12.1 Å². The molecule has 1 aromatic rings. The van der Waals surface area contributed by atoms with E-state index >= 15 is 0 Å². The van der Waals surface area contributed by atoms with Gasteiger partial charge in [0.2, 0.25) is 0 Å². The molecule has 0 aliphatic carbocycles. The summed E-state index contributed by atoms with van der Waals surface area (Å²) in [6, 6.07) is 4.59. The maximum atomic E-state index is 13.4. The van der Waals surface area contributed by atoms with E-state index in [1.807, 2.05) is 0 Å². The van der Waals surface area contributed by atoms with Gasteiger partial charge in [-0.05, 0) is 38.9 Å². The molecule has 1 aromatic carbocycles.